The summed E-state index contributed by atoms with van der Waals surface area (Å²) in [5, 5.41) is 20.1. The first-order chi connectivity index (χ1) is 9.63. The maximum Gasteiger partial charge on any atom is 0.304 e. The number of carboxylic acids is 1. The van der Waals surface area contributed by atoms with Crippen molar-refractivity contribution < 1.29 is 19.8 Å². The minimum Gasteiger partial charge on any atom is -0.481 e. The lowest BCUT2D eigenvalue weighted by molar-refractivity contribution is -0.137. The molecular formula is C14H18ClNO4. The maximum atomic E-state index is 10.7. The second-order valence-electron chi connectivity index (χ2n) is 4.40. The van der Waals surface area contributed by atoms with Crippen LogP contribution in [0.5, 0.6) is 0 Å². The Labute approximate surface area is 122 Å². The van der Waals surface area contributed by atoms with Crippen LogP contribution in [0.25, 0.3) is 0 Å². The lowest BCUT2D eigenvalue weighted by atomic mass is 10.0. The zero-order chi connectivity index (χ0) is 14.8. The van der Waals surface area contributed by atoms with Crippen molar-refractivity contribution >= 4 is 22.7 Å². The van der Waals surface area contributed by atoms with Crippen molar-refractivity contribution in [3.8, 4) is 0 Å². The molecule has 1 atom stereocenters. The van der Waals surface area contributed by atoms with Crippen LogP contribution in [0.2, 0.25) is 0 Å². The number of rotatable bonds is 9. The van der Waals surface area contributed by atoms with Crippen LogP contribution in [-0.2, 0) is 16.1 Å². The van der Waals surface area contributed by atoms with Gasteiger partial charge in [0, 0.05) is 12.5 Å². The van der Waals surface area contributed by atoms with Crippen molar-refractivity contribution in [3.05, 3.63) is 35.9 Å². The third-order valence-corrected chi connectivity index (χ3v) is 3.19. The molecule has 6 heteroatoms. The Morgan fingerprint density at radius 2 is 2.05 bits per heavy atom. The summed E-state index contributed by atoms with van der Waals surface area (Å²) in [5.74, 6) is -1.44. The topological polar surface area (TPSA) is 79.1 Å². The number of carbonyl (C=O) groups is 1. The molecule has 0 saturated carbocycles. The van der Waals surface area contributed by atoms with Crippen LogP contribution in [-0.4, -0.2) is 28.1 Å². The van der Waals surface area contributed by atoms with Crippen molar-refractivity contribution in [2.75, 3.05) is 6.61 Å². The molecular weight excluding hydrogens is 282 g/mol. The zero-order valence-electron chi connectivity index (χ0n) is 11.0. The zero-order valence-corrected chi connectivity index (χ0v) is 11.8. The van der Waals surface area contributed by atoms with Crippen molar-refractivity contribution in [3.63, 3.8) is 0 Å². The highest BCUT2D eigenvalue weighted by Gasteiger charge is 2.18. The second-order valence-corrected chi connectivity index (χ2v) is 4.79. The summed E-state index contributed by atoms with van der Waals surface area (Å²) < 4.78 is 5.50. The Bertz CT molecular complexity index is 436. The standard InChI is InChI=1S/C14H18ClNO4/c15-14(16-19)12(9-13(17)18)7-4-8-20-10-11-5-2-1-3-6-11/h1-3,5-6,12,19H,4,7-10H2,(H,17,18). The average Bonchev–Trinajstić information content (AvgIpc) is 2.45. The molecule has 1 aromatic carbocycles. The van der Waals surface area contributed by atoms with Crippen molar-refractivity contribution in [2.24, 2.45) is 11.1 Å². The van der Waals surface area contributed by atoms with Gasteiger partial charge in [-0.05, 0) is 18.4 Å². The summed E-state index contributed by atoms with van der Waals surface area (Å²) in [6, 6.07) is 9.78. The van der Waals surface area contributed by atoms with Crippen molar-refractivity contribution in [1.82, 2.24) is 0 Å². The molecule has 0 aromatic heterocycles. The third kappa shape index (κ3) is 6.54. The molecule has 110 valence electrons. The quantitative estimate of drug-likeness (QED) is 0.318. The minimum absolute atomic E-state index is 0.0736. The van der Waals surface area contributed by atoms with E-state index in [1.807, 2.05) is 30.3 Å². The fourth-order valence-corrected chi connectivity index (χ4v) is 1.98. The number of hydrogen-bond acceptors (Lipinski definition) is 4. The van der Waals surface area contributed by atoms with E-state index in [9.17, 15) is 4.79 Å². The molecule has 0 radical (unpaired) electrons. The van der Waals surface area contributed by atoms with Crippen LogP contribution in [0.3, 0.4) is 0 Å². The van der Waals surface area contributed by atoms with Gasteiger partial charge in [-0.1, -0.05) is 47.1 Å². The molecule has 0 saturated heterocycles. The smallest absolute Gasteiger partial charge is 0.304 e. The van der Waals surface area contributed by atoms with Crippen molar-refractivity contribution in [2.45, 2.75) is 25.9 Å². The summed E-state index contributed by atoms with van der Waals surface area (Å²) in [6.07, 6.45) is 1.00. The Morgan fingerprint density at radius 1 is 1.35 bits per heavy atom. The van der Waals surface area contributed by atoms with Gasteiger partial charge < -0.3 is 15.1 Å². The fourth-order valence-electron chi connectivity index (χ4n) is 1.79. The van der Waals surface area contributed by atoms with E-state index < -0.39 is 11.9 Å². The van der Waals surface area contributed by atoms with E-state index in [-0.39, 0.29) is 11.6 Å². The molecule has 1 aromatic rings. The molecule has 1 rings (SSSR count). The van der Waals surface area contributed by atoms with Gasteiger partial charge in [0.1, 0.15) is 5.17 Å². The molecule has 1 unspecified atom stereocenters. The molecule has 0 aliphatic heterocycles. The number of nitrogens with zero attached hydrogens (tertiary/aromatic N) is 1. The normalized spacial score (nSPS) is 13.2. The van der Waals surface area contributed by atoms with Crippen LogP contribution >= 0.6 is 11.6 Å². The van der Waals surface area contributed by atoms with E-state index in [4.69, 9.17) is 26.7 Å². The second kappa shape index (κ2) is 9.34. The van der Waals surface area contributed by atoms with E-state index in [0.29, 0.717) is 26.1 Å². The number of benzene rings is 1. The summed E-state index contributed by atoms with van der Waals surface area (Å²) in [6.45, 7) is 1.02. The molecule has 0 fully saturated rings. The predicted molar refractivity (Wildman–Crippen MR) is 76.1 cm³/mol. The highest BCUT2D eigenvalue weighted by Crippen LogP contribution is 2.16. The molecule has 0 aliphatic carbocycles. The van der Waals surface area contributed by atoms with Crippen LogP contribution in [0, 0.1) is 5.92 Å². The predicted octanol–water partition coefficient (Wildman–Crippen LogP) is 3.10. The van der Waals surface area contributed by atoms with E-state index in [1.54, 1.807) is 0 Å². The van der Waals surface area contributed by atoms with Gasteiger partial charge in [-0.3, -0.25) is 4.79 Å². The molecule has 2 N–H and O–H groups in total. The first kappa shape index (κ1) is 16.5. The SMILES string of the molecule is O=C(O)CC(CCCOCc1ccccc1)C(Cl)=NO. The number of aliphatic carboxylic acids is 1. The molecule has 0 amide bonds. The van der Waals surface area contributed by atoms with Gasteiger partial charge in [0.05, 0.1) is 13.0 Å². The van der Waals surface area contributed by atoms with Crippen LogP contribution in [0.15, 0.2) is 35.5 Å². The van der Waals surface area contributed by atoms with Gasteiger partial charge >= 0.3 is 5.97 Å². The van der Waals surface area contributed by atoms with Gasteiger partial charge in [-0.2, -0.15) is 0 Å². The van der Waals surface area contributed by atoms with E-state index in [0.717, 1.165) is 5.56 Å². The fraction of sp³-hybridized carbons (Fsp3) is 0.429. The van der Waals surface area contributed by atoms with Crippen molar-refractivity contribution in [1.29, 1.82) is 0 Å². The first-order valence-electron chi connectivity index (χ1n) is 6.34. The average molecular weight is 300 g/mol. The molecule has 0 bridgehead atoms. The van der Waals surface area contributed by atoms with Crippen LogP contribution in [0.1, 0.15) is 24.8 Å². The van der Waals surface area contributed by atoms with Crippen LogP contribution < -0.4 is 0 Å². The largest absolute Gasteiger partial charge is 0.481 e. The first-order valence-corrected chi connectivity index (χ1v) is 6.72. The summed E-state index contributed by atoms with van der Waals surface area (Å²) in [7, 11) is 0. The van der Waals surface area contributed by atoms with E-state index in [2.05, 4.69) is 5.16 Å². The number of ether oxygens (including phenoxy) is 1. The Morgan fingerprint density at radius 3 is 2.65 bits per heavy atom. The summed E-state index contributed by atoms with van der Waals surface area (Å²) in [4.78, 5) is 10.7. The minimum atomic E-state index is -0.970. The lowest BCUT2D eigenvalue weighted by Gasteiger charge is -2.12. The molecule has 20 heavy (non-hydrogen) atoms. The van der Waals surface area contributed by atoms with Crippen LogP contribution in [0.4, 0.5) is 0 Å². The summed E-state index contributed by atoms with van der Waals surface area (Å²) >= 11 is 5.68. The number of halogens is 1. The number of hydrogen-bond donors (Lipinski definition) is 2. The summed E-state index contributed by atoms with van der Waals surface area (Å²) in [5.41, 5.74) is 1.09. The maximum absolute atomic E-state index is 10.7. The van der Waals surface area contributed by atoms with Gasteiger partial charge in [-0.15, -0.1) is 0 Å². The third-order valence-electron chi connectivity index (χ3n) is 2.81. The Kier molecular flexibility index (Phi) is 7.69. The molecule has 0 heterocycles. The molecule has 0 aliphatic rings. The Balaban J connectivity index is 2.25. The van der Waals surface area contributed by atoms with E-state index >= 15 is 0 Å². The number of oxime groups is 1. The van der Waals surface area contributed by atoms with Gasteiger partial charge in [0.2, 0.25) is 0 Å². The Hall–Kier alpha value is -1.59. The number of carboxylic acid groups (broad SMARTS) is 1. The van der Waals surface area contributed by atoms with E-state index in [1.165, 1.54) is 0 Å². The lowest BCUT2D eigenvalue weighted by Crippen LogP contribution is -2.15. The molecule has 0 spiro atoms. The monoisotopic (exact) mass is 299 g/mol. The highest BCUT2D eigenvalue weighted by molar-refractivity contribution is 6.65. The highest BCUT2D eigenvalue weighted by atomic mass is 35.5. The van der Waals surface area contributed by atoms with Gasteiger partial charge in [0.15, 0.2) is 0 Å². The van der Waals surface area contributed by atoms with Gasteiger partial charge in [0.25, 0.3) is 0 Å². The molecule has 5 nitrogen and oxygen atoms in total. The van der Waals surface area contributed by atoms with Gasteiger partial charge in [-0.25, -0.2) is 0 Å².